The average Bonchev–Trinajstić information content (AvgIpc) is 1.65. The van der Waals surface area contributed by atoms with Gasteiger partial charge in [-0.15, -0.1) is 0 Å². The Morgan fingerprint density at radius 1 is 1.14 bits per heavy atom. The first-order valence-corrected chi connectivity index (χ1v) is 3.96. The van der Waals surface area contributed by atoms with Crippen LogP contribution in [0.15, 0.2) is 0 Å². The molecule has 0 unspecified atom stereocenters. The van der Waals surface area contributed by atoms with Crippen LogP contribution in [0.4, 0.5) is 0 Å². The van der Waals surface area contributed by atoms with Crippen molar-refractivity contribution in [2.24, 2.45) is 0 Å². The summed E-state index contributed by atoms with van der Waals surface area (Å²) in [5, 5.41) is 0. The van der Waals surface area contributed by atoms with Gasteiger partial charge in [0.05, 0.1) is 0 Å². The second-order valence-corrected chi connectivity index (χ2v) is 3.12. The Bertz CT molecular complexity index is 32.1. The van der Waals surface area contributed by atoms with E-state index in [0.717, 1.165) is 0 Å². The van der Waals surface area contributed by atoms with Crippen LogP contribution in [0.5, 0.6) is 0 Å². The number of rotatable bonds is 2. The van der Waals surface area contributed by atoms with Crippen LogP contribution in [-0.4, -0.2) is 74.9 Å². The Labute approximate surface area is 88.8 Å². The van der Waals surface area contributed by atoms with Crippen LogP contribution >= 0.6 is 0 Å². The fraction of sp³-hybridized carbons (Fsp3) is 1.00. The Morgan fingerprint density at radius 3 is 1.43 bits per heavy atom. The monoisotopic (exact) mass is 146 g/mol. The van der Waals surface area contributed by atoms with E-state index < -0.39 is 9.28 Å². The minimum atomic E-state index is -1.16. The van der Waals surface area contributed by atoms with Gasteiger partial charge in [-0.05, 0) is 6.55 Å². The third kappa shape index (κ3) is 7.77. The molecule has 0 heterocycles. The summed E-state index contributed by atoms with van der Waals surface area (Å²) in [6.45, 7) is 1.97. The third-order valence-electron chi connectivity index (χ3n) is 0.664. The molecular weight excluding hydrogens is 135 g/mol. The van der Waals surface area contributed by atoms with Gasteiger partial charge in [-0.3, -0.25) is 0 Å². The Morgan fingerprint density at radius 2 is 1.43 bits per heavy atom. The molecule has 0 saturated carbocycles. The molecular formula is C3H11KO2Si. The summed E-state index contributed by atoms with van der Waals surface area (Å²) in [6.07, 6.45) is 0. The molecule has 0 spiro atoms. The van der Waals surface area contributed by atoms with Gasteiger partial charge >= 0.3 is 60.7 Å². The minimum absolute atomic E-state index is 0. The molecule has 0 aliphatic rings. The Hall–Kier alpha value is 1.77. The van der Waals surface area contributed by atoms with Gasteiger partial charge in [0.15, 0.2) is 0 Å². The topological polar surface area (TPSA) is 18.5 Å². The summed E-state index contributed by atoms with van der Waals surface area (Å²) in [4.78, 5) is 0. The van der Waals surface area contributed by atoms with Crippen LogP contribution in [0.2, 0.25) is 6.55 Å². The summed E-state index contributed by atoms with van der Waals surface area (Å²) >= 11 is 0. The SMILES string of the molecule is CO[SiH](C)OC.[KH]. The van der Waals surface area contributed by atoms with Gasteiger partial charge in [-0.1, -0.05) is 0 Å². The zero-order valence-electron chi connectivity index (χ0n) is 4.39. The van der Waals surface area contributed by atoms with Crippen molar-refractivity contribution >= 4 is 60.7 Å². The van der Waals surface area contributed by atoms with Gasteiger partial charge in [0.25, 0.3) is 0 Å². The number of hydrogen-bond donors (Lipinski definition) is 0. The van der Waals surface area contributed by atoms with Crippen molar-refractivity contribution in [3.8, 4) is 0 Å². The van der Waals surface area contributed by atoms with Gasteiger partial charge in [-0.25, -0.2) is 0 Å². The quantitative estimate of drug-likeness (QED) is 0.488. The Balaban J connectivity index is 0. The van der Waals surface area contributed by atoms with Crippen LogP contribution in [-0.2, 0) is 8.85 Å². The van der Waals surface area contributed by atoms with E-state index in [2.05, 4.69) is 0 Å². The summed E-state index contributed by atoms with van der Waals surface area (Å²) in [6, 6.07) is 0. The fourth-order valence-corrected chi connectivity index (χ4v) is 0.289. The molecule has 2 nitrogen and oxygen atoms in total. The summed E-state index contributed by atoms with van der Waals surface area (Å²) < 4.78 is 9.63. The fourth-order valence-electron chi connectivity index (χ4n) is 0.0962. The van der Waals surface area contributed by atoms with Gasteiger partial charge in [0, 0.05) is 14.2 Å². The molecule has 4 heteroatoms. The van der Waals surface area contributed by atoms with Crippen LogP contribution in [0.25, 0.3) is 0 Å². The van der Waals surface area contributed by atoms with Gasteiger partial charge in [0.1, 0.15) is 0 Å². The maximum absolute atomic E-state index is 4.82. The first kappa shape index (κ1) is 11.6. The van der Waals surface area contributed by atoms with E-state index in [4.69, 9.17) is 8.85 Å². The van der Waals surface area contributed by atoms with E-state index in [-0.39, 0.29) is 51.4 Å². The number of hydrogen-bond acceptors (Lipinski definition) is 2. The first-order chi connectivity index (χ1) is 2.81. The average molecular weight is 146 g/mol. The van der Waals surface area contributed by atoms with Gasteiger partial charge in [0.2, 0.25) is 0 Å². The molecule has 40 valence electrons. The van der Waals surface area contributed by atoms with E-state index in [1.165, 1.54) is 0 Å². The Kier molecular flexibility index (Phi) is 12.8. The van der Waals surface area contributed by atoms with Crippen molar-refractivity contribution in [1.29, 1.82) is 0 Å². The molecule has 0 aromatic carbocycles. The summed E-state index contributed by atoms with van der Waals surface area (Å²) in [5.41, 5.74) is 0. The maximum atomic E-state index is 4.82. The van der Waals surface area contributed by atoms with Crippen LogP contribution in [0.1, 0.15) is 0 Å². The molecule has 0 fully saturated rings. The molecule has 0 atom stereocenters. The molecule has 7 heavy (non-hydrogen) atoms. The molecule has 0 N–H and O–H groups in total. The zero-order valence-corrected chi connectivity index (χ0v) is 5.55. The third-order valence-corrected chi connectivity index (χ3v) is 1.99. The second-order valence-electron chi connectivity index (χ2n) is 1.04. The van der Waals surface area contributed by atoms with Crippen molar-refractivity contribution in [2.75, 3.05) is 14.2 Å². The van der Waals surface area contributed by atoms with E-state index in [1.807, 2.05) is 6.55 Å². The van der Waals surface area contributed by atoms with E-state index >= 15 is 0 Å². The van der Waals surface area contributed by atoms with E-state index in [0.29, 0.717) is 0 Å². The van der Waals surface area contributed by atoms with Crippen molar-refractivity contribution in [3.63, 3.8) is 0 Å². The van der Waals surface area contributed by atoms with Gasteiger partial charge < -0.3 is 8.85 Å². The molecule has 0 amide bonds. The van der Waals surface area contributed by atoms with Gasteiger partial charge in [-0.2, -0.15) is 0 Å². The van der Waals surface area contributed by atoms with Crippen LogP contribution < -0.4 is 0 Å². The predicted molar refractivity (Wildman–Crippen MR) is 34.2 cm³/mol. The van der Waals surface area contributed by atoms with Crippen molar-refractivity contribution in [3.05, 3.63) is 0 Å². The van der Waals surface area contributed by atoms with E-state index in [1.54, 1.807) is 14.2 Å². The summed E-state index contributed by atoms with van der Waals surface area (Å²) in [7, 11) is 2.17. The normalized spacial score (nSPS) is 8.57. The molecule has 0 aliphatic carbocycles. The molecule has 0 bridgehead atoms. The predicted octanol–water partition coefficient (Wildman–Crippen LogP) is -0.519. The molecule has 0 radical (unpaired) electrons. The molecule has 0 aromatic heterocycles. The van der Waals surface area contributed by atoms with Crippen molar-refractivity contribution < 1.29 is 8.85 Å². The van der Waals surface area contributed by atoms with Crippen molar-refractivity contribution in [1.82, 2.24) is 0 Å². The van der Waals surface area contributed by atoms with Crippen molar-refractivity contribution in [2.45, 2.75) is 6.55 Å². The van der Waals surface area contributed by atoms with E-state index in [9.17, 15) is 0 Å². The molecule has 0 saturated heterocycles. The summed E-state index contributed by atoms with van der Waals surface area (Å²) in [5.74, 6) is 0. The molecule has 0 aromatic rings. The zero-order chi connectivity index (χ0) is 4.99. The van der Waals surface area contributed by atoms with Crippen LogP contribution in [0.3, 0.4) is 0 Å². The second kappa shape index (κ2) is 7.77. The van der Waals surface area contributed by atoms with Crippen LogP contribution in [0, 0.1) is 0 Å². The molecule has 0 rings (SSSR count). The molecule has 0 aliphatic heterocycles. The first-order valence-electron chi connectivity index (χ1n) is 1.87. The standard InChI is InChI=1S/C3H10O2Si.K.H/c1-4-6(3)5-2;;/h6H,1-3H3;;.